The molecule has 0 heterocycles. The number of halogens is 2. The third-order valence-electron chi connectivity index (χ3n) is 2.83. The molecule has 0 aliphatic heterocycles. The first-order chi connectivity index (χ1) is 10.5. The number of rotatable bonds is 4. The van der Waals surface area contributed by atoms with Crippen molar-refractivity contribution in [2.24, 2.45) is 5.73 Å². The Bertz CT molecular complexity index is 702. The fourth-order valence-electron chi connectivity index (χ4n) is 1.74. The quantitative estimate of drug-likeness (QED) is 0.759. The van der Waals surface area contributed by atoms with E-state index in [9.17, 15) is 18.4 Å². The molecule has 2 aromatic rings. The Kier molecular flexibility index (Phi) is 4.80. The molecule has 0 saturated heterocycles. The van der Waals surface area contributed by atoms with E-state index in [1.807, 2.05) is 0 Å². The average molecular weight is 305 g/mol. The molecule has 0 spiro atoms. The number of hydrogen-bond acceptors (Lipinski definition) is 3. The number of hydrogen-bond donors (Lipinski definition) is 3. The molecular formula is C15H13F2N3O2. The third-order valence-corrected chi connectivity index (χ3v) is 2.83. The van der Waals surface area contributed by atoms with Crippen LogP contribution in [0.4, 0.5) is 25.0 Å². The summed E-state index contributed by atoms with van der Waals surface area (Å²) >= 11 is 0. The molecule has 0 fully saturated rings. The van der Waals surface area contributed by atoms with Crippen molar-refractivity contribution in [2.45, 2.75) is 0 Å². The van der Waals surface area contributed by atoms with E-state index in [4.69, 9.17) is 5.73 Å². The molecule has 4 N–H and O–H groups in total. The molecule has 0 unspecified atom stereocenters. The van der Waals surface area contributed by atoms with Crippen molar-refractivity contribution in [2.75, 3.05) is 17.2 Å². The molecular weight excluding hydrogens is 292 g/mol. The molecule has 0 radical (unpaired) electrons. The van der Waals surface area contributed by atoms with Crippen LogP contribution in [-0.4, -0.2) is 18.4 Å². The van der Waals surface area contributed by atoms with Crippen LogP contribution in [0.3, 0.4) is 0 Å². The van der Waals surface area contributed by atoms with Gasteiger partial charge in [-0.1, -0.05) is 0 Å². The van der Waals surface area contributed by atoms with Crippen LogP contribution in [0.1, 0.15) is 10.4 Å². The van der Waals surface area contributed by atoms with Crippen LogP contribution in [0.5, 0.6) is 0 Å². The predicted octanol–water partition coefficient (Wildman–Crippen LogP) is 2.75. The van der Waals surface area contributed by atoms with E-state index < -0.39 is 17.7 Å². The van der Waals surface area contributed by atoms with Gasteiger partial charge in [0.25, 0.3) is 0 Å². The van der Waals surface area contributed by atoms with Gasteiger partial charge in [0.15, 0.2) is 5.78 Å². The van der Waals surface area contributed by atoms with Crippen LogP contribution in [0.15, 0.2) is 42.5 Å². The highest BCUT2D eigenvalue weighted by Gasteiger charge is 2.09. The van der Waals surface area contributed by atoms with Crippen molar-refractivity contribution in [3.63, 3.8) is 0 Å². The summed E-state index contributed by atoms with van der Waals surface area (Å²) in [6.45, 7) is -0.105. The normalized spacial score (nSPS) is 10.1. The number of Topliss-reactive ketones (excluding diaryl/α,β-unsaturated/α-hetero) is 1. The van der Waals surface area contributed by atoms with Gasteiger partial charge < -0.3 is 16.4 Å². The Morgan fingerprint density at radius 3 is 2.32 bits per heavy atom. The summed E-state index contributed by atoms with van der Waals surface area (Å²) in [5.41, 5.74) is 5.78. The lowest BCUT2D eigenvalue weighted by atomic mass is 10.1. The molecule has 114 valence electrons. The van der Waals surface area contributed by atoms with E-state index in [2.05, 4.69) is 10.6 Å². The Morgan fingerprint density at radius 2 is 1.68 bits per heavy atom. The largest absolute Gasteiger partial charge is 0.324 e. The second-order valence-electron chi connectivity index (χ2n) is 4.41. The van der Waals surface area contributed by atoms with Crippen LogP contribution in [0.25, 0.3) is 0 Å². The monoisotopic (exact) mass is 305 g/mol. The number of ketones is 1. The molecule has 0 saturated carbocycles. The Labute approximate surface area is 125 Å². The van der Waals surface area contributed by atoms with Gasteiger partial charge in [-0.15, -0.1) is 0 Å². The number of carbonyl (C=O) groups is 2. The predicted molar refractivity (Wildman–Crippen MR) is 78.8 cm³/mol. The first-order valence-electron chi connectivity index (χ1n) is 6.36. The molecule has 2 amide bonds. The van der Waals surface area contributed by atoms with E-state index in [0.717, 1.165) is 18.2 Å². The molecule has 0 aliphatic carbocycles. The maximum absolute atomic E-state index is 13.4. The first-order valence-corrected chi connectivity index (χ1v) is 6.36. The molecule has 0 bridgehead atoms. The summed E-state index contributed by atoms with van der Waals surface area (Å²) < 4.78 is 26.4. The highest BCUT2D eigenvalue weighted by molar-refractivity contribution is 6.01. The number of benzene rings is 2. The fraction of sp³-hybridized carbons (Fsp3) is 0.0667. The zero-order valence-electron chi connectivity index (χ0n) is 11.4. The summed E-state index contributed by atoms with van der Waals surface area (Å²) in [6, 6.07) is 8.03. The molecule has 0 aliphatic rings. The fourth-order valence-corrected chi connectivity index (χ4v) is 1.74. The minimum absolute atomic E-state index is 0.105. The number of anilines is 2. The molecule has 0 atom stereocenters. The minimum Gasteiger partial charge on any atom is -0.324 e. The highest BCUT2D eigenvalue weighted by atomic mass is 19.1. The summed E-state index contributed by atoms with van der Waals surface area (Å²) in [4.78, 5) is 23.1. The van der Waals surface area contributed by atoms with E-state index in [1.54, 1.807) is 0 Å². The lowest BCUT2D eigenvalue weighted by Crippen LogP contribution is -2.20. The van der Waals surface area contributed by atoms with Gasteiger partial charge in [-0.05, 0) is 36.4 Å². The zero-order chi connectivity index (χ0) is 16.1. The van der Waals surface area contributed by atoms with Crippen molar-refractivity contribution < 1.29 is 18.4 Å². The SMILES string of the molecule is NCC(=O)c1ccc(NC(=O)Nc2cc(F)ccc2F)cc1. The molecule has 2 rings (SSSR count). The van der Waals surface area contributed by atoms with Crippen LogP contribution in [0.2, 0.25) is 0 Å². The van der Waals surface area contributed by atoms with Gasteiger partial charge in [-0.3, -0.25) is 4.79 Å². The lowest BCUT2D eigenvalue weighted by molar-refractivity contribution is 0.100. The van der Waals surface area contributed by atoms with Crippen LogP contribution in [0, 0.1) is 11.6 Å². The molecule has 5 nitrogen and oxygen atoms in total. The van der Waals surface area contributed by atoms with E-state index in [1.165, 1.54) is 24.3 Å². The molecule has 0 aromatic heterocycles. The van der Waals surface area contributed by atoms with Crippen molar-refractivity contribution in [3.8, 4) is 0 Å². The molecule has 2 aromatic carbocycles. The summed E-state index contributed by atoms with van der Waals surface area (Å²) in [6.07, 6.45) is 0. The van der Waals surface area contributed by atoms with Gasteiger partial charge in [0.2, 0.25) is 0 Å². The average Bonchev–Trinajstić information content (AvgIpc) is 2.51. The van der Waals surface area contributed by atoms with Crippen LogP contribution >= 0.6 is 0 Å². The summed E-state index contributed by atoms with van der Waals surface area (Å²) in [5.74, 6) is -1.64. The molecule has 22 heavy (non-hydrogen) atoms. The lowest BCUT2D eigenvalue weighted by Gasteiger charge is -2.09. The topological polar surface area (TPSA) is 84.2 Å². The van der Waals surface area contributed by atoms with Gasteiger partial charge in [0.05, 0.1) is 12.2 Å². The number of nitrogens with two attached hydrogens (primary N) is 1. The van der Waals surface area contributed by atoms with E-state index >= 15 is 0 Å². The Morgan fingerprint density at radius 1 is 1.00 bits per heavy atom. The second kappa shape index (κ2) is 6.77. The summed E-state index contributed by atoms with van der Waals surface area (Å²) in [7, 11) is 0. The van der Waals surface area contributed by atoms with Crippen molar-refractivity contribution in [3.05, 3.63) is 59.7 Å². The van der Waals surface area contributed by atoms with E-state index in [0.29, 0.717) is 11.3 Å². The maximum Gasteiger partial charge on any atom is 0.323 e. The van der Waals surface area contributed by atoms with Crippen molar-refractivity contribution >= 4 is 23.2 Å². The number of urea groups is 1. The zero-order valence-corrected chi connectivity index (χ0v) is 11.4. The van der Waals surface area contributed by atoms with E-state index in [-0.39, 0.29) is 18.0 Å². The second-order valence-corrected chi connectivity index (χ2v) is 4.41. The summed E-state index contributed by atoms with van der Waals surface area (Å²) in [5, 5.41) is 4.64. The number of amides is 2. The number of carbonyl (C=O) groups excluding carboxylic acids is 2. The number of nitrogens with one attached hydrogen (secondary N) is 2. The smallest absolute Gasteiger partial charge is 0.323 e. The van der Waals surface area contributed by atoms with Gasteiger partial charge in [0.1, 0.15) is 11.6 Å². The van der Waals surface area contributed by atoms with Crippen molar-refractivity contribution in [1.29, 1.82) is 0 Å². The Balaban J connectivity index is 2.03. The standard InChI is InChI=1S/C15H13F2N3O2/c16-10-3-6-12(17)13(7-10)20-15(22)19-11-4-1-9(2-5-11)14(21)8-18/h1-7H,8,18H2,(H2,19,20,22). The van der Waals surface area contributed by atoms with Crippen LogP contribution < -0.4 is 16.4 Å². The van der Waals surface area contributed by atoms with Gasteiger partial charge in [0, 0.05) is 17.3 Å². The van der Waals surface area contributed by atoms with Gasteiger partial charge >= 0.3 is 6.03 Å². The molecule has 7 heteroatoms. The van der Waals surface area contributed by atoms with Gasteiger partial charge in [-0.25, -0.2) is 13.6 Å². The maximum atomic E-state index is 13.4. The highest BCUT2D eigenvalue weighted by Crippen LogP contribution is 2.16. The Hall–Kier alpha value is -2.80. The van der Waals surface area contributed by atoms with Gasteiger partial charge in [-0.2, -0.15) is 0 Å². The van der Waals surface area contributed by atoms with Crippen LogP contribution in [-0.2, 0) is 0 Å². The van der Waals surface area contributed by atoms with Crippen molar-refractivity contribution in [1.82, 2.24) is 0 Å². The minimum atomic E-state index is -0.750. The first kappa shape index (κ1) is 15.6. The third kappa shape index (κ3) is 3.86.